The molecular formula is C18H20N2O4S. The van der Waals surface area contributed by atoms with Gasteiger partial charge in [-0.05, 0) is 30.9 Å². The Morgan fingerprint density at radius 2 is 2.20 bits per heavy atom. The maximum Gasteiger partial charge on any atom is 0.265 e. The molecule has 0 spiro atoms. The van der Waals surface area contributed by atoms with Crippen molar-refractivity contribution in [3.8, 4) is 11.5 Å². The molecule has 1 amide bonds. The summed E-state index contributed by atoms with van der Waals surface area (Å²) in [5.41, 5.74) is 0.932. The first-order valence-corrected chi connectivity index (χ1v) is 9.34. The minimum atomic E-state index is -0.264. The lowest BCUT2D eigenvalue weighted by Gasteiger charge is -2.38. The zero-order valence-corrected chi connectivity index (χ0v) is 14.5. The second kappa shape index (κ2) is 7.01. The molecule has 0 bridgehead atoms. The zero-order chi connectivity index (χ0) is 17.2. The molecule has 1 atom stereocenters. The molecule has 1 fully saturated rings. The number of nitrogens with zero attached hydrogens (tertiary/aromatic N) is 1. The van der Waals surface area contributed by atoms with Crippen LogP contribution in [-0.4, -0.2) is 41.4 Å². The molecule has 132 valence electrons. The quantitative estimate of drug-likeness (QED) is 0.853. The third kappa shape index (κ3) is 3.48. The average molecular weight is 360 g/mol. The van der Waals surface area contributed by atoms with E-state index in [-0.39, 0.29) is 24.0 Å². The maximum atomic E-state index is 12.8. The van der Waals surface area contributed by atoms with E-state index in [2.05, 4.69) is 10.3 Å². The Labute approximate surface area is 149 Å². The van der Waals surface area contributed by atoms with Gasteiger partial charge < -0.3 is 19.9 Å². The molecular weight excluding hydrogens is 340 g/mol. The molecule has 0 saturated heterocycles. The summed E-state index contributed by atoms with van der Waals surface area (Å²) >= 11 is 1.33. The molecule has 4 rings (SSSR count). The van der Waals surface area contributed by atoms with Crippen LogP contribution in [0.25, 0.3) is 0 Å². The number of hydrogen-bond donors (Lipinski definition) is 2. The number of ether oxygens (including phenoxy) is 2. The van der Waals surface area contributed by atoms with Crippen molar-refractivity contribution in [2.45, 2.75) is 31.4 Å². The minimum Gasteiger partial charge on any atom is -0.485 e. The predicted octanol–water partition coefficient (Wildman–Crippen LogP) is 2.03. The summed E-state index contributed by atoms with van der Waals surface area (Å²) in [5.74, 6) is 1.29. The number of aromatic nitrogens is 1. The number of carbonyl (C=O) groups excluding carboxylic acids is 1. The maximum absolute atomic E-state index is 12.8. The summed E-state index contributed by atoms with van der Waals surface area (Å²) in [6.07, 6.45) is 3.55. The van der Waals surface area contributed by atoms with Crippen LogP contribution in [0.2, 0.25) is 0 Å². The van der Waals surface area contributed by atoms with E-state index >= 15 is 0 Å². The molecule has 2 aliphatic rings. The fourth-order valence-corrected chi connectivity index (χ4v) is 4.12. The van der Waals surface area contributed by atoms with Crippen molar-refractivity contribution in [1.29, 1.82) is 0 Å². The van der Waals surface area contributed by atoms with Gasteiger partial charge in [-0.15, -0.1) is 11.3 Å². The lowest BCUT2D eigenvalue weighted by Crippen LogP contribution is -2.48. The molecule has 2 N–H and O–H groups in total. The third-order valence-electron chi connectivity index (χ3n) is 4.70. The van der Waals surface area contributed by atoms with E-state index in [1.54, 1.807) is 6.20 Å². The number of fused-ring (bicyclic) bond motifs is 1. The Morgan fingerprint density at radius 3 is 2.96 bits per heavy atom. The van der Waals surface area contributed by atoms with Gasteiger partial charge in [-0.1, -0.05) is 6.07 Å². The van der Waals surface area contributed by atoms with E-state index in [9.17, 15) is 9.90 Å². The molecule has 6 nitrogen and oxygen atoms in total. The lowest BCUT2D eigenvalue weighted by molar-refractivity contribution is 0.0237. The molecule has 7 heteroatoms. The molecule has 1 aliphatic carbocycles. The van der Waals surface area contributed by atoms with Crippen LogP contribution in [-0.2, 0) is 6.42 Å². The van der Waals surface area contributed by atoms with Crippen LogP contribution in [0.4, 0.5) is 0 Å². The van der Waals surface area contributed by atoms with Gasteiger partial charge in [-0.25, -0.2) is 0 Å². The van der Waals surface area contributed by atoms with E-state index < -0.39 is 0 Å². The lowest BCUT2D eigenvalue weighted by atomic mass is 9.76. The predicted molar refractivity (Wildman–Crippen MR) is 93.2 cm³/mol. The summed E-state index contributed by atoms with van der Waals surface area (Å²) in [5, 5.41) is 14.6. The Bertz CT molecular complexity index is 743. The number of aliphatic hydroxyl groups is 1. The molecule has 0 radical (unpaired) electrons. The second-order valence-electron chi connectivity index (χ2n) is 6.45. The smallest absolute Gasteiger partial charge is 0.265 e. The first-order valence-electron chi connectivity index (χ1n) is 8.46. The number of pyridine rings is 1. The van der Waals surface area contributed by atoms with Gasteiger partial charge in [0.2, 0.25) is 0 Å². The van der Waals surface area contributed by atoms with E-state index in [1.165, 1.54) is 11.3 Å². The Morgan fingerprint density at radius 1 is 1.36 bits per heavy atom. The summed E-state index contributed by atoms with van der Waals surface area (Å²) in [6.45, 7) is 0.962. The second-order valence-corrected chi connectivity index (χ2v) is 7.33. The number of rotatable bonds is 5. The molecule has 1 unspecified atom stereocenters. The van der Waals surface area contributed by atoms with Crippen molar-refractivity contribution in [3.63, 3.8) is 0 Å². The van der Waals surface area contributed by atoms with Crippen LogP contribution in [0.5, 0.6) is 11.5 Å². The monoisotopic (exact) mass is 360 g/mol. The van der Waals surface area contributed by atoms with E-state index in [4.69, 9.17) is 9.47 Å². The Balaban J connectivity index is 1.50. The normalized spacial score (nSPS) is 22.8. The fourth-order valence-electron chi connectivity index (χ4n) is 3.29. The van der Waals surface area contributed by atoms with Crippen LogP contribution in [0.1, 0.15) is 28.2 Å². The number of hydrogen-bond acceptors (Lipinski definition) is 6. The first-order chi connectivity index (χ1) is 12.2. The van der Waals surface area contributed by atoms with Gasteiger partial charge in [0.05, 0.1) is 6.10 Å². The van der Waals surface area contributed by atoms with Crippen LogP contribution in [0, 0.1) is 5.92 Å². The van der Waals surface area contributed by atoms with Gasteiger partial charge in [0.15, 0.2) is 11.5 Å². The first kappa shape index (κ1) is 16.4. The average Bonchev–Trinajstić information content (AvgIpc) is 3.03. The highest BCUT2D eigenvalue weighted by molar-refractivity contribution is 7.12. The number of thiophene rings is 1. The Kier molecular flexibility index (Phi) is 4.59. The van der Waals surface area contributed by atoms with Gasteiger partial charge in [0.25, 0.3) is 5.91 Å². The van der Waals surface area contributed by atoms with E-state index in [0.29, 0.717) is 48.9 Å². The summed E-state index contributed by atoms with van der Waals surface area (Å²) in [7, 11) is 0. The standard InChI is InChI=1S/C18H20N2O4S/c21-13-7-11(8-13)14(9-12-3-1-2-4-19-12)20-18(22)17-16-15(10-25-17)23-5-6-24-16/h1-4,10-11,13-14,21H,5-9H2,(H,20,22). The van der Waals surface area contributed by atoms with Crippen molar-refractivity contribution >= 4 is 17.2 Å². The molecule has 2 aromatic heterocycles. The molecule has 0 aromatic carbocycles. The topological polar surface area (TPSA) is 80.7 Å². The number of aliphatic hydroxyl groups excluding tert-OH is 1. The third-order valence-corrected chi connectivity index (χ3v) is 5.64. The largest absolute Gasteiger partial charge is 0.485 e. The van der Waals surface area contributed by atoms with Crippen molar-refractivity contribution in [2.24, 2.45) is 5.92 Å². The molecule has 1 aliphatic heterocycles. The number of nitrogens with one attached hydrogen (secondary N) is 1. The van der Waals surface area contributed by atoms with Gasteiger partial charge in [0.1, 0.15) is 18.1 Å². The minimum absolute atomic E-state index is 0.0620. The fraction of sp³-hybridized carbons (Fsp3) is 0.444. The molecule has 25 heavy (non-hydrogen) atoms. The molecule has 2 aromatic rings. The SMILES string of the molecule is O=C(NC(Cc1ccccn1)C1CC(O)C1)c1scc2c1OCCO2. The van der Waals surface area contributed by atoms with Crippen LogP contribution in [0.3, 0.4) is 0 Å². The summed E-state index contributed by atoms with van der Waals surface area (Å²) < 4.78 is 11.1. The van der Waals surface area contributed by atoms with Gasteiger partial charge in [-0.2, -0.15) is 0 Å². The van der Waals surface area contributed by atoms with Gasteiger partial charge in [-0.3, -0.25) is 9.78 Å². The van der Waals surface area contributed by atoms with Gasteiger partial charge >= 0.3 is 0 Å². The number of carbonyl (C=O) groups is 1. The van der Waals surface area contributed by atoms with Crippen molar-refractivity contribution in [1.82, 2.24) is 10.3 Å². The summed E-state index contributed by atoms with van der Waals surface area (Å²) in [6, 6.07) is 5.71. The highest BCUT2D eigenvalue weighted by Crippen LogP contribution is 2.39. The summed E-state index contributed by atoms with van der Waals surface area (Å²) in [4.78, 5) is 17.7. The molecule has 3 heterocycles. The highest BCUT2D eigenvalue weighted by atomic mass is 32.1. The van der Waals surface area contributed by atoms with Crippen LogP contribution >= 0.6 is 11.3 Å². The van der Waals surface area contributed by atoms with Crippen molar-refractivity contribution < 1.29 is 19.4 Å². The van der Waals surface area contributed by atoms with Crippen LogP contribution in [0.15, 0.2) is 29.8 Å². The number of amides is 1. The van der Waals surface area contributed by atoms with E-state index in [1.807, 2.05) is 23.6 Å². The van der Waals surface area contributed by atoms with E-state index in [0.717, 1.165) is 5.69 Å². The van der Waals surface area contributed by atoms with Crippen molar-refractivity contribution in [2.75, 3.05) is 13.2 Å². The van der Waals surface area contributed by atoms with Gasteiger partial charge in [0, 0.05) is 29.7 Å². The van der Waals surface area contributed by atoms with Crippen molar-refractivity contribution in [3.05, 3.63) is 40.3 Å². The Hall–Kier alpha value is -2.12. The highest BCUT2D eigenvalue weighted by Gasteiger charge is 2.36. The van der Waals surface area contributed by atoms with Crippen LogP contribution < -0.4 is 14.8 Å². The molecule has 1 saturated carbocycles. The zero-order valence-electron chi connectivity index (χ0n) is 13.7.